The van der Waals surface area contributed by atoms with Gasteiger partial charge in [-0.05, 0) is 19.1 Å². The fourth-order valence-electron chi connectivity index (χ4n) is 2.17. The predicted molar refractivity (Wildman–Crippen MR) is 101 cm³/mol. The summed E-state index contributed by atoms with van der Waals surface area (Å²) in [5, 5.41) is 5.22. The van der Waals surface area contributed by atoms with Crippen LogP contribution in [0.15, 0.2) is 23.7 Å². The minimum Gasteiger partial charge on any atom is -0.350 e. The fourth-order valence-corrected chi connectivity index (χ4v) is 4.62. The molecule has 0 saturated carbocycles. The van der Waals surface area contributed by atoms with Crippen molar-refractivity contribution in [2.45, 2.75) is 13.0 Å². The van der Waals surface area contributed by atoms with E-state index >= 15 is 0 Å². The van der Waals surface area contributed by atoms with Gasteiger partial charge in [-0.3, -0.25) is 4.79 Å². The second kappa shape index (κ2) is 7.42. The first-order valence-electron chi connectivity index (χ1n) is 7.33. The maximum atomic E-state index is 12.5. The Bertz CT molecular complexity index is 947. The maximum Gasteiger partial charge on any atom is 0.268 e. The molecule has 0 aliphatic rings. The van der Waals surface area contributed by atoms with Crippen molar-refractivity contribution in [3.8, 4) is 0 Å². The van der Waals surface area contributed by atoms with Crippen LogP contribution in [0.2, 0.25) is 4.34 Å². The Morgan fingerprint density at radius 2 is 2.24 bits per heavy atom. The third-order valence-corrected chi connectivity index (χ3v) is 6.93. The van der Waals surface area contributed by atoms with Crippen LogP contribution in [0.3, 0.4) is 0 Å². The first kappa shape index (κ1) is 18.3. The highest BCUT2D eigenvalue weighted by Gasteiger charge is 2.21. The summed E-state index contributed by atoms with van der Waals surface area (Å²) in [7, 11) is -3.37. The molecule has 3 heterocycles. The van der Waals surface area contributed by atoms with Crippen molar-refractivity contribution in [1.82, 2.24) is 20.0 Å². The molecule has 3 N–H and O–H groups in total. The zero-order chi connectivity index (χ0) is 18.0. The Kier molecular flexibility index (Phi) is 5.44. The topological polar surface area (TPSA) is 104 Å². The average Bonchev–Trinajstić information content (AvgIpc) is 3.27. The number of thiazole rings is 1. The number of hydrogen-bond acceptors (Lipinski definition) is 6. The number of H-pyrrole nitrogens is 1. The number of fused-ring (bicyclic) bond motifs is 1. The van der Waals surface area contributed by atoms with E-state index in [1.807, 2.05) is 0 Å². The highest BCUT2D eigenvalue weighted by atomic mass is 35.5. The van der Waals surface area contributed by atoms with Crippen molar-refractivity contribution in [3.63, 3.8) is 0 Å². The van der Waals surface area contributed by atoms with Crippen LogP contribution in [0.25, 0.3) is 10.2 Å². The van der Waals surface area contributed by atoms with E-state index in [-0.39, 0.29) is 18.2 Å². The van der Waals surface area contributed by atoms with Gasteiger partial charge in [-0.15, -0.1) is 22.7 Å². The number of aromatic amines is 1. The van der Waals surface area contributed by atoms with Crippen molar-refractivity contribution in [3.05, 3.63) is 38.7 Å². The molecule has 3 aromatic heterocycles. The van der Waals surface area contributed by atoms with Gasteiger partial charge in [0.15, 0.2) is 0 Å². The van der Waals surface area contributed by atoms with Crippen molar-refractivity contribution in [2.75, 3.05) is 12.3 Å². The summed E-state index contributed by atoms with van der Waals surface area (Å²) in [6.45, 7) is 1.59. The highest BCUT2D eigenvalue weighted by Crippen LogP contribution is 2.29. The molecule has 134 valence electrons. The molecule has 0 aliphatic heterocycles. The molecule has 0 aromatic carbocycles. The highest BCUT2D eigenvalue weighted by molar-refractivity contribution is 7.89. The van der Waals surface area contributed by atoms with Crippen LogP contribution in [-0.4, -0.2) is 36.6 Å². The third kappa shape index (κ3) is 4.39. The van der Waals surface area contributed by atoms with Crippen LogP contribution in [0, 0.1) is 0 Å². The Hall–Kier alpha value is -1.46. The van der Waals surface area contributed by atoms with E-state index < -0.39 is 16.1 Å². The quantitative estimate of drug-likeness (QED) is 0.548. The van der Waals surface area contributed by atoms with Crippen LogP contribution in [0.1, 0.15) is 28.5 Å². The lowest BCUT2D eigenvalue weighted by atomic mass is 10.3. The zero-order valence-corrected chi connectivity index (χ0v) is 16.3. The van der Waals surface area contributed by atoms with Crippen molar-refractivity contribution >= 4 is 60.4 Å². The molecular formula is C14H15ClN4O3S3. The van der Waals surface area contributed by atoms with Gasteiger partial charge in [0.1, 0.15) is 10.7 Å². The zero-order valence-electron chi connectivity index (χ0n) is 13.1. The molecular weight excluding hydrogens is 404 g/mol. The largest absolute Gasteiger partial charge is 0.350 e. The number of nitrogens with zero attached hydrogens (tertiary/aromatic N) is 1. The lowest BCUT2D eigenvalue weighted by Crippen LogP contribution is -2.38. The molecule has 3 aromatic rings. The Labute approximate surface area is 157 Å². The van der Waals surface area contributed by atoms with Gasteiger partial charge >= 0.3 is 0 Å². The van der Waals surface area contributed by atoms with Gasteiger partial charge in [0.2, 0.25) is 10.0 Å². The van der Waals surface area contributed by atoms with Gasteiger partial charge in [-0.2, -0.15) is 0 Å². The summed E-state index contributed by atoms with van der Waals surface area (Å²) in [6.07, 6.45) is 1.61. The first-order chi connectivity index (χ1) is 11.9. The van der Waals surface area contributed by atoms with Gasteiger partial charge in [-0.1, -0.05) is 11.6 Å². The van der Waals surface area contributed by atoms with Crippen LogP contribution < -0.4 is 10.0 Å². The summed E-state index contributed by atoms with van der Waals surface area (Å²) < 4.78 is 27.4. The minimum absolute atomic E-state index is 0.0286. The number of amides is 1. The van der Waals surface area contributed by atoms with E-state index in [0.717, 1.165) is 10.2 Å². The first-order valence-corrected chi connectivity index (χ1v) is 11.1. The van der Waals surface area contributed by atoms with Gasteiger partial charge in [0, 0.05) is 18.1 Å². The van der Waals surface area contributed by atoms with Gasteiger partial charge in [0.25, 0.3) is 5.91 Å². The lowest BCUT2D eigenvalue weighted by Gasteiger charge is -2.16. The molecule has 0 fully saturated rings. The summed E-state index contributed by atoms with van der Waals surface area (Å²) in [5.41, 5.74) is 1.18. The van der Waals surface area contributed by atoms with E-state index in [9.17, 15) is 13.2 Å². The molecule has 1 unspecified atom stereocenters. The van der Waals surface area contributed by atoms with Crippen molar-refractivity contribution in [1.29, 1.82) is 0 Å². The van der Waals surface area contributed by atoms with Crippen molar-refractivity contribution < 1.29 is 13.2 Å². The minimum atomic E-state index is -3.37. The van der Waals surface area contributed by atoms with Gasteiger partial charge in [0.05, 0.1) is 26.3 Å². The molecule has 11 heteroatoms. The van der Waals surface area contributed by atoms with E-state index in [2.05, 4.69) is 20.0 Å². The number of halogens is 1. The summed E-state index contributed by atoms with van der Waals surface area (Å²) in [4.78, 5) is 19.7. The summed E-state index contributed by atoms with van der Waals surface area (Å²) in [6, 6.07) is 2.92. The van der Waals surface area contributed by atoms with E-state index in [1.165, 1.54) is 22.7 Å². The number of hydrogen-bond donors (Lipinski definition) is 3. The second-order valence-corrected chi connectivity index (χ2v) is 9.90. The molecule has 0 aliphatic carbocycles. The summed E-state index contributed by atoms with van der Waals surface area (Å²) in [5.74, 6) is -0.366. The predicted octanol–water partition coefficient (Wildman–Crippen LogP) is 2.75. The number of carbonyl (C=O) groups excluding carboxylic acids is 1. The molecule has 0 saturated heterocycles. The summed E-state index contributed by atoms with van der Waals surface area (Å²) >= 11 is 8.66. The van der Waals surface area contributed by atoms with Crippen LogP contribution >= 0.6 is 34.3 Å². The third-order valence-electron chi connectivity index (χ3n) is 3.46. The molecule has 0 bridgehead atoms. The van der Waals surface area contributed by atoms with Crippen LogP contribution in [0.4, 0.5) is 0 Å². The average molecular weight is 419 g/mol. The molecule has 1 atom stereocenters. The molecule has 1 amide bonds. The van der Waals surface area contributed by atoms with Crippen LogP contribution in [-0.2, 0) is 10.0 Å². The molecule has 3 rings (SSSR count). The maximum absolute atomic E-state index is 12.5. The number of carbonyl (C=O) groups is 1. The number of sulfonamides is 1. The van der Waals surface area contributed by atoms with Gasteiger partial charge in [-0.25, -0.2) is 18.1 Å². The normalized spacial score (nSPS) is 13.2. The number of thiophene rings is 1. The molecule has 0 spiro atoms. The number of aromatic nitrogens is 2. The van der Waals surface area contributed by atoms with Crippen LogP contribution in [0.5, 0.6) is 0 Å². The molecule has 7 nitrogen and oxygen atoms in total. The van der Waals surface area contributed by atoms with Gasteiger partial charge < -0.3 is 10.3 Å². The Morgan fingerprint density at radius 3 is 2.88 bits per heavy atom. The standard InChI is InChI=1S/C14H15ClN4O3S3/c1-2-25(21,22)17-7-10(14-16-3-4-23-14)19-13(20)9-5-11-8(18-9)6-12(15)24-11/h3-6,10,17-18H,2,7H2,1H3,(H,19,20). The monoisotopic (exact) mass is 418 g/mol. The SMILES string of the molecule is CCS(=O)(=O)NCC(NC(=O)c1cc2sc(Cl)cc2[nH]1)c1nccs1. The second-order valence-electron chi connectivity index (χ2n) is 5.16. The fraction of sp³-hybridized carbons (Fsp3) is 0.286. The van der Waals surface area contributed by atoms with E-state index in [1.54, 1.807) is 30.6 Å². The Morgan fingerprint density at radius 1 is 1.44 bits per heavy atom. The Balaban J connectivity index is 1.76. The van der Waals surface area contributed by atoms with E-state index in [4.69, 9.17) is 11.6 Å². The molecule has 25 heavy (non-hydrogen) atoms. The smallest absolute Gasteiger partial charge is 0.268 e. The molecule has 0 radical (unpaired) electrons. The lowest BCUT2D eigenvalue weighted by molar-refractivity contribution is 0.0932. The number of rotatable bonds is 7. The van der Waals surface area contributed by atoms with Crippen molar-refractivity contribution in [2.24, 2.45) is 0 Å². The van der Waals surface area contributed by atoms with E-state index in [0.29, 0.717) is 15.0 Å². The number of nitrogens with one attached hydrogen (secondary N) is 3.